The molecular weight excluding hydrogens is 320 g/mol. The SMILES string of the molecule is CN=C(NCCc1ccc2c(c1)OCO2)NCCc1c(C)noc1C. The molecule has 1 aliphatic rings. The first kappa shape index (κ1) is 17.1. The summed E-state index contributed by atoms with van der Waals surface area (Å²) in [7, 11) is 1.77. The van der Waals surface area contributed by atoms with Gasteiger partial charge in [0.05, 0.1) is 5.69 Å². The number of aromatic nitrogens is 1. The molecule has 0 atom stereocenters. The standard InChI is InChI=1S/C18H24N4O3/c1-12-15(13(2)25-22-12)7-9-21-18(19-3)20-8-6-14-4-5-16-17(10-14)24-11-23-16/h4-5,10H,6-9,11H2,1-3H3,(H2,19,20,21). The van der Waals surface area contributed by atoms with E-state index in [2.05, 4.69) is 26.8 Å². The molecule has 0 amide bonds. The van der Waals surface area contributed by atoms with Crippen molar-refractivity contribution in [2.75, 3.05) is 26.9 Å². The Morgan fingerprint density at radius 1 is 1.12 bits per heavy atom. The van der Waals surface area contributed by atoms with Gasteiger partial charge in [0.1, 0.15) is 5.76 Å². The predicted molar refractivity (Wildman–Crippen MR) is 95.3 cm³/mol. The smallest absolute Gasteiger partial charge is 0.231 e. The first-order valence-corrected chi connectivity index (χ1v) is 8.42. The third-order valence-electron chi connectivity index (χ3n) is 4.22. The van der Waals surface area contributed by atoms with Crippen LogP contribution in [0.1, 0.15) is 22.6 Å². The number of aliphatic imine (C=N–C) groups is 1. The molecule has 2 N–H and O–H groups in total. The zero-order valence-corrected chi connectivity index (χ0v) is 14.9. The normalized spacial score (nSPS) is 13.2. The Labute approximate surface area is 147 Å². The van der Waals surface area contributed by atoms with Crippen LogP contribution in [0, 0.1) is 13.8 Å². The molecule has 0 fully saturated rings. The van der Waals surface area contributed by atoms with Crippen LogP contribution in [-0.4, -0.2) is 38.0 Å². The second-order valence-corrected chi connectivity index (χ2v) is 5.92. The molecule has 0 saturated heterocycles. The van der Waals surface area contributed by atoms with Gasteiger partial charge in [0.2, 0.25) is 6.79 Å². The third kappa shape index (κ3) is 4.23. The van der Waals surface area contributed by atoms with Crippen LogP contribution in [0.4, 0.5) is 0 Å². The summed E-state index contributed by atoms with van der Waals surface area (Å²) < 4.78 is 15.9. The predicted octanol–water partition coefficient (Wildman–Crippen LogP) is 1.97. The molecule has 0 spiro atoms. The van der Waals surface area contributed by atoms with E-state index in [0.717, 1.165) is 60.4 Å². The number of nitrogens with zero attached hydrogens (tertiary/aromatic N) is 2. The molecule has 3 rings (SSSR count). The number of fused-ring (bicyclic) bond motifs is 1. The highest BCUT2D eigenvalue weighted by Gasteiger charge is 2.13. The Morgan fingerprint density at radius 3 is 2.60 bits per heavy atom. The van der Waals surface area contributed by atoms with Gasteiger partial charge in [-0.3, -0.25) is 4.99 Å². The van der Waals surface area contributed by atoms with Gasteiger partial charge in [0, 0.05) is 25.7 Å². The maximum Gasteiger partial charge on any atom is 0.231 e. The number of benzene rings is 1. The molecule has 2 heterocycles. The molecule has 0 radical (unpaired) electrons. The van der Waals surface area contributed by atoms with Gasteiger partial charge in [-0.1, -0.05) is 11.2 Å². The molecule has 2 aromatic rings. The van der Waals surface area contributed by atoms with Crippen molar-refractivity contribution in [1.29, 1.82) is 0 Å². The van der Waals surface area contributed by atoms with E-state index in [1.54, 1.807) is 7.05 Å². The molecule has 134 valence electrons. The molecule has 0 saturated carbocycles. The van der Waals surface area contributed by atoms with E-state index in [1.165, 1.54) is 5.56 Å². The van der Waals surface area contributed by atoms with Crippen molar-refractivity contribution in [1.82, 2.24) is 15.8 Å². The van der Waals surface area contributed by atoms with Crippen LogP contribution in [0.5, 0.6) is 11.5 Å². The van der Waals surface area contributed by atoms with E-state index in [9.17, 15) is 0 Å². The maximum atomic E-state index is 5.40. The number of rotatable bonds is 6. The Hall–Kier alpha value is -2.70. The van der Waals surface area contributed by atoms with E-state index in [0.29, 0.717) is 6.79 Å². The van der Waals surface area contributed by atoms with E-state index in [-0.39, 0.29) is 0 Å². The highest BCUT2D eigenvalue weighted by molar-refractivity contribution is 5.79. The largest absolute Gasteiger partial charge is 0.454 e. The summed E-state index contributed by atoms with van der Waals surface area (Å²) in [5, 5.41) is 10.6. The van der Waals surface area contributed by atoms with Crippen LogP contribution in [0.3, 0.4) is 0 Å². The first-order valence-electron chi connectivity index (χ1n) is 8.42. The molecule has 7 nitrogen and oxygen atoms in total. The topological polar surface area (TPSA) is 80.9 Å². The fourth-order valence-corrected chi connectivity index (χ4v) is 2.81. The fourth-order valence-electron chi connectivity index (χ4n) is 2.81. The molecular formula is C18H24N4O3. The van der Waals surface area contributed by atoms with Crippen LogP contribution in [-0.2, 0) is 12.8 Å². The fraction of sp³-hybridized carbons (Fsp3) is 0.444. The van der Waals surface area contributed by atoms with E-state index in [4.69, 9.17) is 14.0 Å². The molecule has 1 aromatic heterocycles. The van der Waals surface area contributed by atoms with Crippen molar-refractivity contribution in [2.45, 2.75) is 26.7 Å². The number of nitrogens with one attached hydrogen (secondary N) is 2. The quantitative estimate of drug-likeness (QED) is 0.616. The van der Waals surface area contributed by atoms with Crippen LogP contribution in [0.15, 0.2) is 27.7 Å². The lowest BCUT2D eigenvalue weighted by atomic mass is 10.1. The third-order valence-corrected chi connectivity index (χ3v) is 4.22. The van der Waals surface area contributed by atoms with Gasteiger partial charge in [-0.15, -0.1) is 0 Å². The monoisotopic (exact) mass is 344 g/mol. The number of hydrogen-bond acceptors (Lipinski definition) is 5. The van der Waals surface area contributed by atoms with Crippen molar-refractivity contribution in [3.8, 4) is 11.5 Å². The number of guanidine groups is 1. The lowest BCUT2D eigenvalue weighted by Gasteiger charge is -2.12. The van der Waals surface area contributed by atoms with Crippen molar-refractivity contribution in [3.05, 3.63) is 40.8 Å². The summed E-state index contributed by atoms with van der Waals surface area (Å²) in [5.74, 6) is 3.30. The van der Waals surface area contributed by atoms with E-state index >= 15 is 0 Å². The second kappa shape index (κ2) is 7.92. The Morgan fingerprint density at radius 2 is 1.88 bits per heavy atom. The van der Waals surface area contributed by atoms with Crippen LogP contribution >= 0.6 is 0 Å². The van der Waals surface area contributed by atoms with E-state index < -0.39 is 0 Å². The highest BCUT2D eigenvalue weighted by Crippen LogP contribution is 2.32. The lowest BCUT2D eigenvalue weighted by Crippen LogP contribution is -2.39. The second-order valence-electron chi connectivity index (χ2n) is 5.92. The van der Waals surface area contributed by atoms with Gasteiger partial charge in [-0.25, -0.2) is 0 Å². The van der Waals surface area contributed by atoms with Crippen molar-refractivity contribution < 1.29 is 14.0 Å². The molecule has 7 heteroatoms. The van der Waals surface area contributed by atoms with Crippen molar-refractivity contribution >= 4 is 5.96 Å². The van der Waals surface area contributed by atoms with Gasteiger partial charge in [-0.05, 0) is 44.4 Å². The number of hydrogen-bond donors (Lipinski definition) is 2. The number of aryl methyl sites for hydroxylation is 2. The molecule has 1 aliphatic heterocycles. The van der Waals surface area contributed by atoms with Crippen molar-refractivity contribution in [2.24, 2.45) is 4.99 Å². The summed E-state index contributed by atoms with van der Waals surface area (Å²) in [6, 6.07) is 6.04. The van der Waals surface area contributed by atoms with Crippen LogP contribution in [0.2, 0.25) is 0 Å². The molecule has 0 unspecified atom stereocenters. The maximum absolute atomic E-state index is 5.40. The Bertz CT molecular complexity index is 735. The molecule has 1 aromatic carbocycles. The van der Waals surface area contributed by atoms with Gasteiger partial charge in [-0.2, -0.15) is 0 Å². The number of ether oxygens (including phenoxy) is 2. The summed E-state index contributed by atoms with van der Waals surface area (Å²) in [4.78, 5) is 4.25. The van der Waals surface area contributed by atoms with Gasteiger partial charge in [0.15, 0.2) is 17.5 Å². The summed E-state index contributed by atoms with van der Waals surface area (Å²) >= 11 is 0. The highest BCUT2D eigenvalue weighted by atomic mass is 16.7. The molecule has 25 heavy (non-hydrogen) atoms. The average molecular weight is 344 g/mol. The molecule has 0 aliphatic carbocycles. The molecule has 0 bridgehead atoms. The van der Waals surface area contributed by atoms with E-state index in [1.807, 2.05) is 26.0 Å². The minimum absolute atomic E-state index is 0.304. The minimum Gasteiger partial charge on any atom is -0.454 e. The van der Waals surface area contributed by atoms with Gasteiger partial charge in [0.25, 0.3) is 0 Å². The van der Waals surface area contributed by atoms with Gasteiger partial charge < -0.3 is 24.6 Å². The van der Waals surface area contributed by atoms with Crippen LogP contribution in [0.25, 0.3) is 0 Å². The minimum atomic E-state index is 0.304. The Balaban J connectivity index is 1.42. The summed E-state index contributed by atoms with van der Waals surface area (Å²) in [5.41, 5.74) is 3.30. The zero-order chi connectivity index (χ0) is 17.6. The summed E-state index contributed by atoms with van der Waals surface area (Å²) in [6.45, 7) is 5.76. The van der Waals surface area contributed by atoms with Gasteiger partial charge >= 0.3 is 0 Å². The lowest BCUT2D eigenvalue weighted by molar-refractivity contribution is 0.174. The first-order chi connectivity index (χ1) is 12.2. The van der Waals surface area contributed by atoms with Crippen LogP contribution < -0.4 is 20.1 Å². The zero-order valence-electron chi connectivity index (χ0n) is 14.9. The average Bonchev–Trinajstić information content (AvgIpc) is 3.20. The van der Waals surface area contributed by atoms with Crippen molar-refractivity contribution in [3.63, 3.8) is 0 Å². The Kier molecular flexibility index (Phi) is 5.42. The summed E-state index contributed by atoms with van der Waals surface area (Å²) in [6.07, 6.45) is 1.73.